The molecular formula is C20H28F2N2O14P2S2. The van der Waals surface area contributed by atoms with Crippen LogP contribution in [0.4, 0.5) is 14.5 Å². The molecule has 3 heterocycles. The fourth-order valence-electron chi connectivity index (χ4n) is 4.16. The third kappa shape index (κ3) is 7.34. The molecule has 1 aromatic heterocycles. The lowest BCUT2D eigenvalue weighted by atomic mass is 9.89. The first-order chi connectivity index (χ1) is 19.4. The SMILES string of the molecule is C=C=C[C@@]1(F)[C@H](O)[C@@H](COP(O)(=S)OP(=O)(O)OC2OC([C@@H](F)CO)C(O)C(O)C2O)O[C@H]1c1csc(C(N)=O)c1N. The second kappa shape index (κ2) is 13.4. The number of aliphatic hydroxyl groups excluding tert-OH is 5. The first-order valence-electron chi connectivity index (χ1n) is 11.6. The van der Waals surface area contributed by atoms with Gasteiger partial charge in [0.05, 0.1) is 18.9 Å². The number of halogens is 2. The van der Waals surface area contributed by atoms with Crippen LogP contribution in [0.15, 0.2) is 23.8 Å². The summed E-state index contributed by atoms with van der Waals surface area (Å²) in [4.78, 5) is 31.9. The van der Waals surface area contributed by atoms with Crippen molar-refractivity contribution >= 4 is 49.3 Å². The molecule has 0 saturated carbocycles. The number of hydrogen-bond acceptors (Lipinski definition) is 15. The lowest BCUT2D eigenvalue weighted by Crippen LogP contribution is -2.60. The van der Waals surface area contributed by atoms with Gasteiger partial charge in [-0.05, 0) is 23.3 Å². The Morgan fingerprint density at radius 3 is 2.48 bits per heavy atom. The van der Waals surface area contributed by atoms with E-state index in [4.69, 9.17) is 30.6 Å². The van der Waals surface area contributed by atoms with E-state index in [1.54, 1.807) is 0 Å². The molecule has 2 fully saturated rings. The molecule has 11 N–H and O–H groups in total. The van der Waals surface area contributed by atoms with Gasteiger partial charge >= 0.3 is 14.5 Å². The van der Waals surface area contributed by atoms with Gasteiger partial charge in [-0.25, -0.2) is 17.7 Å². The number of amides is 1. The third-order valence-corrected chi connectivity index (χ3v) is 10.7. The molecule has 42 heavy (non-hydrogen) atoms. The molecule has 0 aliphatic carbocycles. The molecule has 0 radical (unpaired) electrons. The lowest BCUT2D eigenvalue weighted by molar-refractivity contribution is -0.287. The van der Waals surface area contributed by atoms with Crippen LogP contribution in [0.25, 0.3) is 0 Å². The van der Waals surface area contributed by atoms with Crippen molar-refractivity contribution in [3.05, 3.63) is 34.2 Å². The Morgan fingerprint density at radius 1 is 1.29 bits per heavy atom. The van der Waals surface area contributed by atoms with Crippen molar-refractivity contribution in [3.8, 4) is 0 Å². The molecule has 1 aromatic rings. The van der Waals surface area contributed by atoms with Gasteiger partial charge in [0.2, 0.25) is 0 Å². The number of nitrogens with two attached hydrogens (primary N) is 2. The van der Waals surface area contributed by atoms with Gasteiger partial charge in [0.25, 0.3) is 5.91 Å². The van der Waals surface area contributed by atoms with Crippen LogP contribution in [0.5, 0.6) is 0 Å². The fourth-order valence-corrected chi connectivity index (χ4v) is 8.12. The van der Waals surface area contributed by atoms with E-state index in [9.17, 15) is 44.0 Å². The Hall–Kier alpha value is -1.25. The molecular weight excluding hydrogens is 656 g/mol. The topological polar surface area (TPSA) is 274 Å². The van der Waals surface area contributed by atoms with Gasteiger partial charge in [0.15, 0.2) is 18.1 Å². The molecule has 2 aliphatic rings. The summed E-state index contributed by atoms with van der Waals surface area (Å²) in [5.41, 5.74) is 10.3. The van der Waals surface area contributed by atoms with Gasteiger partial charge in [0.1, 0.15) is 47.6 Å². The van der Waals surface area contributed by atoms with Crippen molar-refractivity contribution in [3.63, 3.8) is 0 Å². The minimum absolute atomic E-state index is 0.0642. The van der Waals surface area contributed by atoms with Gasteiger partial charge in [0, 0.05) is 5.56 Å². The molecule has 2 aliphatic heterocycles. The molecule has 0 aromatic carbocycles. The van der Waals surface area contributed by atoms with Gasteiger partial charge in [-0.2, -0.15) is 0 Å². The first-order valence-corrected chi connectivity index (χ1v) is 16.6. The highest BCUT2D eigenvalue weighted by Crippen LogP contribution is 2.62. The standard InChI is InChI=1S/C20H28F2N2O14P2S2/c1-2-3-20(22)16(29)9(35-17(20)7-6-42-15(10(7)23)18(24)30)5-34-40(33,41)38-39(31,32)37-19-13(28)11(26)12(27)14(36-19)8(21)4-25/h3,6,8-9,11-14,16-17,19,25-29H,1,4-5,23H2,(H2,24,30)(H,31,32)(H,33,41)/t8-,9+,11?,12?,13?,14?,16+,17-,19?,20+,40?/m0/s1. The van der Waals surface area contributed by atoms with E-state index in [1.165, 1.54) is 5.38 Å². The minimum Gasteiger partial charge on any atom is -0.397 e. The molecule has 3 rings (SSSR count). The Labute approximate surface area is 245 Å². The van der Waals surface area contributed by atoms with E-state index in [-0.39, 0.29) is 16.1 Å². The number of phosphoric acid groups is 1. The summed E-state index contributed by atoms with van der Waals surface area (Å²) in [5, 5.41) is 50.6. The maximum absolute atomic E-state index is 16.0. The summed E-state index contributed by atoms with van der Waals surface area (Å²) in [6.45, 7) is -3.70. The predicted octanol–water partition coefficient (Wildman–Crippen LogP) is -1.22. The number of ether oxygens (including phenoxy) is 2. The van der Waals surface area contributed by atoms with Crippen LogP contribution >= 0.6 is 25.9 Å². The van der Waals surface area contributed by atoms with E-state index < -0.39 is 94.5 Å². The number of rotatable bonds is 12. The van der Waals surface area contributed by atoms with Crippen LogP contribution in [0.1, 0.15) is 21.3 Å². The smallest absolute Gasteiger partial charge is 0.397 e. The molecule has 0 bridgehead atoms. The van der Waals surface area contributed by atoms with Crippen LogP contribution < -0.4 is 11.5 Å². The molecule has 0 spiro atoms. The van der Waals surface area contributed by atoms with Crippen molar-refractivity contribution in [2.75, 3.05) is 18.9 Å². The highest BCUT2D eigenvalue weighted by atomic mass is 32.5. The van der Waals surface area contributed by atoms with E-state index >= 15 is 4.39 Å². The second-order valence-corrected chi connectivity index (χ2v) is 14.3. The monoisotopic (exact) mass is 684 g/mol. The van der Waals surface area contributed by atoms with Gasteiger partial charge in [-0.3, -0.25) is 9.32 Å². The molecule has 16 nitrogen and oxygen atoms in total. The fraction of sp³-hybridized carbons (Fsp3) is 0.600. The first kappa shape index (κ1) is 35.2. The number of phosphoric ester groups is 1. The Bertz CT molecular complexity index is 1300. The van der Waals surface area contributed by atoms with E-state index in [0.717, 1.165) is 17.4 Å². The van der Waals surface area contributed by atoms with Crippen molar-refractivity contribution in [2.45, 2.75) is 60.9 Å². The minimum atomic E-state index is -5.57. The zero-order valence-corrected chi connectivity index (χ0v) is 24.5. The van der Waals surface area contributed by atoms with Crippen LogP contribution in [-0.4, -0.2) is 109 Å². The maximum Gasteiger partial charge on any atom is 0.481 e. The van der Waals surface area contributed by atoms with E-state index in [1.807, 2.05) is 0 Å². The normalized spacial score (nSPS) is 36.9. The highest BCUT2D eigenvalue weighted by molar-refractivity contribution is 8.08. The van der Waals surface area contributed by atoms with Crippen molar-refractivity contribution < 1.29 is 76.3 Å². The summed E-state index contributed by atoms with van der Waals surface area (Å²) < 4.78 is 66.7. The van der Waals surface area contributed by atoms with Gasteiger partial charge < -0.3 is 60.8 Å². The number of aliphatic hydroxyl groups is 5. The number of hydrogen-bond donors (Lipinski definition) is 9. The Balaban J connectivity index is 1.72. The average Bonchev–Trinajstić information content (AvgIpc) is 3.39. The maximum atomic E-state index is 16.0. The highest BCUT2D eigenvalue weighted by Gasteiger charge is 2.58. The average molecular weight is 685 g/mol. The third-order valence-electron chi connectivity index (χ3n) is 6.19. The number of carbonyl (C=O) groups excluding carboxylic acids is 1. The summed E-state index contributed by atoms with van der Waals surface area (Å²) >= 11 is 5.45. The lowest BCUT2D eigenvalue weighted by Gasteiger charge is -2.41. The van der Waals surface area contributed by atoms with Crippen molar-refractivity contribution in [1.82, 2.24) is 0 Å². The predicted molar refractivity (Wildman–Crippen MR) is 142 cm³/mol. The largest absolute Gasteiger partial charge is 0.481 e. The summed E-state index contributed by atoms with van der Waals surface area (Å²) in [5.74, 6) is -0.898. The molecule has 7 unspecified atom stereocenters. The van der Waals surface area contributed by atoms with Gasteiger partial charge in [-0.15, -0.1) is 17.1 Å². The molecule has 1 amide bonds. The number of anilines is 1. The Kier molecular flexibility index (Phi) is 11.2. The Morgan fingerprint density at radius 2 is 1.93 bits per heavy atom. The summed E-state index contributed by atoms with van der Waals surface area (Å²) in [6, 6.07) is 0. The number of primary amides is 1. The van der Waals surface area contributed by atoms with E-state index in [0.29, 0.717) is 0 Å². The summed E-state index contributed by atoms with van der Waals surface area (Å²) in [6.07, 6.45) is -17.8. The second-order valence-electron chi connectivity index (χ2n) is 9.03. The number of nitrogen functional groups attached to an aromatic ring is 1. The van der Waals surface area contributed by atoms with Crippen LogP contribution in [0.2, 0.25) is 0 Å². The van der Waals surface area contributed by atoms with E-state index in [2.05, 4.69) is 33.0 Å². The van der Waals surface area contributed by atoms with Crippen LogP contribution in [-0.2, 0) is 39.2 Å². The molecule has 22 heteroatoms. The number of thiophene rings is 1. The van der Waals surface area contributed by atoms with Crippen LogP contribution in [0.3, 0.4) is 0 Å². The number of carbonyl (C=O) groups is 1. The quantitative estimate of drug-likeness (QED) is 0.0922. The number of alkyl halides is 2. The van der Waals surface area contributed by atoms with Gasteiger partial charge in [-0.1, -0.05) is 6.58 Å². The zero-order chi connectivity index (χ0) is 31.8. The summed E-state index contributed by atoms with van der Waals surface area (Å²) in [7, 11) is -5.57. The van der Waals surface area contributed by atoms with Crippen molar-refractivity contribution in [1.29, 1.82) is 0 Å². The zero-order valence-electron chi connectivity index (χ0n) is 21.1. The molecule has 12 atom stereocenters. The molecule has 2 saturated heterocycles. The van der Waals surface area contributed by atoms with Crippen LogP contribution in [0, 0.1) is 0 Å². The molecule has 238 valence electrons. The van der Waals surface area contributed by atoms with Crippen molar-refractivity contribution in [2.24, 2.45) is 5.73 Å².